The molecule has 2 aromatic rings. The van der Waals surface area contributed by atoms with E-state index in [1.165, 1.54) is 35.7 Å². The fourth-order valence-electron chi connectivity index (χ4n) is 3.43. The molecule has 1 atom stereocenters. The fraction of sp³-hybridized carbons (Fsp3) is 0.444. The first-order valence-corrected chi connectivity index (χ1v) is 7.32. The van der Waals surface area contributed by atoms with Gasteiger partial charge in [0.05, 0.1) is 0 Å². The summed E-state index contributed by atoms with van der Waals surface area (Å²) in [5.41, 5.74) is 1.75. The van der Waals surface area contributed by atoms with Gasteiger partial charge >= 0.3 is 0 Å². The van der Waals surface area contributed by atoms with Crippen molar-refractivity contribution in [2.75, 3.05) is 6.54 Å². The van der Waals surface area contributed by atoms with E-state index in [0.29, 0.717) is 6.04 Å². The summed E-state index contributed by atoms with van der Waals surface area (Å²) in [6.45, 7) is 8.21. The van der Waals surface area contributed by atoms with E-state index in [2.05, 4.69) is 68.1 Å². The molecule has 0 aliphatic carbocycles. The summed E-state index contributed by atoms with van der Waals surface area (Å²) in [5, 5.41) is 2.78. The molecule has 0 aromatic heterocycles. The van der Waals surface area contributed by atoms with Crippen LogP contribution < -0.4 is 0 Å². The molecule has 0 bridgehead atoms. The van der Waals surface area contributed by atoms with Crippen LogP contribution in [0.4, 0.5) is 0 Å². The van der Waals surface area contributed by atoms with Crippen molar-refractivity contribution in [3.8, 4) is 0 Å². The minimum atomic E-state index is 0.248. The molecule has 1 heterocycles. The van der Waals surface area contributed by atoms with Crippen molar-refractivity contribution < 1.29 is 0 Å². The summed E-state index contributed by atoms with van der Waals surface area (Å²) in [5.74, 6) is 0. The molecule has 0 N–H and O–H groups in total. The van der Waals surface area contributed by atoms with Crippen LogP contribution in [-0.4, -0.2) is 17.0 Å². The highest BCUT2D eigenvalue weighted by atomic mass is 15.2. The number of benzene rings is 2. The summed E-state index contributed by atoms with van der Waals surface area (Å²) in [7, 11) is 0. The van der Waals surface area contributed by atoms with E-state index in [-0.39, 0.29) is 5.54 Å². The summed E-state index contributed by atoms with van der Waals surface area (Å²) in [6, 6.07) is 16.1. The van der Waals surface area contributed by atoms with Gasteiger partial charge < -0.3 is 0 Å². The smallest absolute Gasteiger partial charge is 0.0359 e. The summed E-state index contributed by atoms with van der Waals surface area (Å²) >= 11 is 0. The second kappa shape index (κ2) is 4.64. The Bertz CT molecular complexity index is 574. The van der Waals surface area contributed by atoms with Crippen LogP contribution in [0.25, 0.3) is 10.8 Å². The van der Waals surface area contributed by atoms with Gasteiger partial charge in [-0.1, -0.05) is 42.5 Å². The summed E-state index contributed by atoms with van der Waals surface area (Å²) in [4.78, 5) is 2.66. The van der Waals surface area contributed by atoms with Crippen molar-refractivity contribution in [1.29, 1.82) is 0 Å². The molecular weight excluding hydrogens is 230 g/mol. The topological polar surface area (TPSA) is 3.24 Å². The molecule has 1 aliphatic rings. The van der Waals surface area contributed by atoms with Gasteiger partial charge in [0, 0.05) is 11.6 Å². The number of hydrogen-bond donors (Lipinski definition) is 0. The van der Waals surface area contributed by atoms with Crippen LogP contribution in [0, 0.1) is 0 Å². The fourth-order valence-corrected chi connectivity index (χ4v) is 3.43. The predicted molar refractivity (Wildman–Crippen MR) is 82.4 cm³/mol. The molecule has 3 rings (SSSR count). The third-order valence-electron chi connectivity index (χ3n) is 4.30. The van der Waals surface area contributed by atoms with Gasteiger partial charge in [0.1, 0.15) is 0 Å². The maximum atomic E-state index is 2.66. The second-order valence-electron chi connectivity index (χ2n) is 6.59. The van der Waals surface area contributed by atoms with Gasteiger partial charge in [0.15, 0.2) is 0 Å². The Morgan fingerprint density at radius 2 is 1.74 bits per heavy atom. The lowest BCUT2D eigenvalue weighted by atomic mass is 9.95. The van der Waals surface area contributed by atoms with Gasteiger partial charge in [-0.25, -0.2) is 0 Å². The number of likely N-dealkylation sites (tertiary alicyclic amines) is 1. The lowest BCUT2D eigenvalue weighted by molar-refractivity contribution is 0.122. The van der Waals surface area contributed by atoms with Gasteiger partial charge in [-0.15, -0.1) is 0 Å². The average Bonchev–Trinajstić information content (AvgIpc) is 2.87. The molecule has 2 aromatic carbocycles. The highest BCUT2D eigenvalue weighted by Gasteiger charge is 2.34. The Morgan fingerprint density at radius 1 is 1.00 bits per heavy atom. The molecular formula is C18H23N. The van der Waals surface area contributed by atoms with Gasteiger partial charge in [0.2, 0.25) is 0 Å². The van der Waals surface area contributed by atoms with Crippen LogP contribution >= 0.6 is 0 Å². The van der Waals surface area contributed by atoms with Crippen LogP contribution in [0.3, 0.4) is 0 Å². The van der Waals surface area contributed by atoms with E-state index in [1.54, 1.807) is 0 Å². The first kappa shape index (κ1) is 12.7. The van der Waals surface area contributed by atoms with E-state index in [9.17, 15) is 0 Å². The molecule has 1 aliphatic heterocycles. The zero-order chi connectivity index (χ0) is 13.5. The highest BCUT2D eigenvalue weighted by Crippen LogP contribution is 2.39. The lowest BCUT2D eigenvalue weighted by Crippen LogP contribution is -2.40. The Morgan fingerprint density at radius 3 is 2.53 bits per heavy atom. The van der Waals surface area contributed by atoms with E-state index in [0.717, 1.165) is 0 Å². The molecule has 0 amide bonds. The quantitative estimate of drug-likeness (QED) is 0.707. The highest BCUT2D eigenvalue weighted by molar-refractivity contribution is 5.86. The molecule has 1 nitrogen and oxygen atoms in total. The molecule has 0 saturated carbocycles. The third-order valence-corrected chi connectivity index (χ3v) is 4.30. The number of rotatable bonds is 1. The largest absolute Gasteiger partial charge is 0.291 e. The van der Waals surface area contributed by atoms with Crippen molar-refractivity contribution in [1.82, 2.24) is 4.90 Å². The Balaban J connectivity index is 2.09. The number of nitrogens with zero attached hydrogens (tertiary/aromatic N) is 1. The van der Waals surface area contributed by atoms with Crippen LogP contribution in [0.1, 0.15) is 45.2 Å². The van der Waals surface area contributed by atoms with E-state index in [1.807, 2.05) is 0 Å². The first-order chi connectivity index (χ1) is 9.07. The maximum absolute atomic E-state index is 2.66. The molecule has 1 saturated heterocycles. The maximum Gasteiger partial charge on any atom is 0.0359 e. The molecule has 1 unspecified atom stereocenters. The van der Waals surface area contributed by atoms with Gasteiger partial charge in [-0.3, -0.25) is 4.90 Å². The monoisotopic (exact) mass is 253 g/mol. The standard InChI is InChI=1S/C18H23N/c1-18(2,3)19-13-7-12-17(19)16-11-6-9-14-8-4-5-10-15(14)16/h4-6,8-11,17H,7,12-13H2,1-3H3. The first-order valence-electron chi connectivity index (χ1n) is 7.32. The van der Waals surface area contributed by atoms with E-state index < -0.39 is 0 Å². The van der Waals surface area contributed by atoms with Crippen molar-refractivity contribution in [2.24, 2.45) is 0 Å². The van der Waals surface area contributed by atoms with Crippen molar-refractivity contribution in [3.63, 3.8) is 0 Å². The summed E-state index contributed by atoms with van der Waals surface area (Å²) in [6.07, 6.45) is 2.59. The second-order valence-corrected chi connectivity index (χ2v) is 6.59. The molecule has 1 heteroatoms. The SMILES string of the molecule is CC(C)(C)N1CCCC1c1cccc2ccccc12. The van der Waals surface area contributed by atoms with Crippen LogP contribution in [0.5, 0.6) is 0 Å². The predicted octanol–water partition coefficient (Wildman–Crippen LogP) is 4.78. The normalized spacial score (nSPS) is 21.1. The average molecular weight is 253 g/mol. The minimum absolute atomic E-state index is 0.248. The van der Waals surface area contributed by atoms with Gasteiger partial charge in [0.25, 0.3) is 0 Å². The van der Waals surface area contributed by atoms with Gasteiger partial charge in [-0.2, -0.15) is 0 Å². The molecule has 19 heavy (non-hydrogen) atoms. The number of fused-ring (bicyclic) bond motifs is 1. The van der Waals surface area contributed by atoms with Crippen molar-refractivity contribution in [2.45, 2.75) is 45.2 Å². The molecule has 0 radical (unpaired) electrons. The van der Waals surface area contributed by atoms with Crippen LogP contribution in [0.2, 0.25) is 0 Å². The molecule has 1 fully saturated rings. The molecule has 0 spiro atoms. The van der Waals surface area contributed by atoms with E-state index in [4.69, 9.17) is 0 Å². The van der Waals surface area contributed by atoms with E-state index >= 15 is 0 Å². The molecule has 100 valence electrons. The van der Waals surface area contributed by atoms with Crippen LogP contribution in [0.15, 0.2) is 42.5 Å². The Kier molecular flexibility index (Phi) is 3.10. The van der Waals surface area contributed by atoms with Gasteiger partial charge in [-0.05, 0) is 56.5 Å². The summed E-state index contributed by atoms with van der Waals surface area (Å²) < 4.78 is 0. The van der Waals surface area contributed by atoms with Crippen molar-refractivity contribution >= 4 is 10.8 Å². The zero-order valence-electron chi connectivity index (χ0n) is 12.2. The van der Waals surface area contributed by atoms with Crippen molar-refractivity contribution in [3.05, 3.63) is 48.0 Å². The third kappa shape index (κ3) is 2.28. The Labute approximate surface area is 116 Å². The zero-order valence-corrected chi connectivity index (χ0v) is 12.2. The lowest BCUT2D eigenvalue weighted by Gasteiger charge is -2.37. The minimum Gasteiger partial charge on any atom is -0.291 e. The number of hydrogen-bond acceptors (Lipinski definition) is 1. The van der Waals surface area contributed by atoms with Crippen LogP contribution in [-0.2, 0) is 0 Å². The Hall–Kier alpha value is -1.34.